The van der Waals surface area contributed by atoms with Crippen molar-refractivity contribution in [3.63, 3.8) is 0 Å². The number of carbonyl (C=O) groups is 2. The van der Waals surface area contributed by atoms with Crippen molar-refractivity contribution in [1.29, 1.82) is 0 Å². The third-order valence-electron chi connectivity index (χ3n) is 6.97. The molecule has 0 radical (unpaired) electrons. The van der Waals surface area contributed by atoms with E-state index in [1.807, 2.05) is 31.2 Å². The fourth-order valence-corrected chi connectivity index (χ4v) is 4.84. The Morgan fingerprint density at radius 3 is 2.39 bits per heavy atom. The number of tetrazole rings is 1. The summed E-state index contributed by atoms with van der Waals surface area (Å²) in [4.78, 5) is 29.9. The summed E-state index contributed by atoms with van der Waals surface area (Å²) < 4.78 is 10.7. The molecular formula is C28H36N6O4. The van der Waals surface area contributed by atoms with Crippen molar-refractivity contribution < 1.29 is 19.1 Å². The van der Waals surface area contributed by atoms with Gasteiger partial charge in [0.1, 0.15) is 12.6 Å². The van der Waals surface area contributed by atoms with E-state index in [1.54, 1.807) is 37.3 Å². The highest BCUT2D eigenvalue weighted by Crippen LogP contribution is 2.31. The lowest BCUT2D eigenvalue weighted by Crippen LogP contribution is -2.52. The van der Waals surface area contributed by atoms with Crippen LogP contribution in [0.3, 0.4) is 0 Å². The zero-order valence-corrected chi connectivity index (χ0v) is 22.5. The smallest absolute Gasteiger partial charge is 0.251 e. The predicted octanol–water partition coefficient (Wildman–Crippen LogP) is 3.79. The molecule has 1 atom stereocenters. The lowest BCUT2D eigenvalue weighted by Gasteiger charge is -2.31. The molecule has 0 unspecified atom stereocenters. The van der Waals surface area contributed by atoms with E-state index >= 15 is 0 Å². The van der Waals surface area contributed by atoms with E-state index in [0.29, 0.717) is 35.0 Å². The highest BCUT2D eigenvalue weighted by Gasteiger charge is 2.32. The number of methoxy groups -OCH3 is 2. The molecule has 1 aliphatic carbocycles. The maximum absolute atomic E-state index is 13.7. The van der Waals surface area contributed by atoms with Gasteiger partial charge in [-0.3, -0.25) is 14.5 Å². The van der Waals surface area contributed by atoms with Crippen molar-refractivity contribution in [2.24, 2.45) is 0 Å². The Hall–Kier alpha value is -3.95. The first-order valence-electron chi connectivity index (χ1n) is 13.2. The van der Waals surface area contributed by atoms with Crippen molar-refractivity contribution >= 4 is 17.5 Å². The van der Waals surface area contributed by atoms with Crippen LogP contribution in [0.5, 0.6) is 11.5 Å². The molecular weight excluding hydrogens is 484 g/mol. The number of aryl methyl sites for hydroxylation is 1. The Morgan fingerprint density at radius 1 is 1.05 bits per heavy atom. The molecule has 3 aromatic rings. The van der Waals surface area contributed by atoms with E-state index in [1.165, 1.54) is 4.80 Å². The van der Waals surface area contributed by atoms with Gasteiger partial charge in [0.05, 0.1) is 14.2 Å². The molecule has 2 aromatic carbocycles. The summed E-state index contributed by atoms with van der Waals surface area (Å²) in [5, 5.41) is 15.8. The lowest BCUT2D eigenvalue weighted by molar-refractivity contribution is -0.127. The minimum atomic E-state index is -0.649. The van der Waals surface area contributed by atoms with Crippen LogP contribution in [0.25, 0.3) is 11.4 Å². The van der Waals surface area contributed by atoms with Gasteiger partial charge < -0.3 is 14.8 Å². The van der Waals surface area contributed by atoms with E-state index in [9.17, 15) is 9.59 Å². The minimum absolute atomic E-state index is 0.134. The zero-order valence-electron chi connectivity index (χ0n) is 22.5. The molecule has 0 aliphatic heterocycles. The number of carbonyl (C=O) groups excluding carboxylic acids is 2. The average Bonchev–Trinajstić information content (AvgIpc) is 3.63. The van der Waals surface area contributed by atoms with Crippen molar-refractivity contribution in [2.75, 3.05) is 19.1 Å². The first-order chi connectivity index (χ1) is 18.5. The first-order valence-corrected chi connectivity index (χ1v) is 13.2. The Balaban J connectivity index is 1.58. The van der Waals surface area contributed by atoms with E-state index in [-0.39, 0.29) is 24.4 Å². The maximum atomic E-state index is 13.7. The number of hydrogen-bond donors (Lipinski definition) is 1. The van der Waals surface area contributed by atoms with Crippen LogP contribution in [0.15, 0.2) is 42.5 Å². The van der Waals surface area contributed by atoms with Gasteiger partial charge in [0.15, 0.2) is 11.5 Å². The highest BCUT2D eigenvalue weighted by molar-refractivity contribution is 6.00. The number of nitrogens with one attached hydrogen (secondary N) is 1. The Kier molecular flexibility index (Phi) is 8.93. The number of aromatic nitrogens is 4. The second-order valence-electron chi connectivity index (χ2n) is 9.41. The molecule has 1 heterocycles. The zero-order chi connectivity index (χ0) is 27.1. The molecule has 1 aliphatic rings. The molecule has 0 saturated heterocycles. The number of nitrogens with zero attached hydrogens (tertiary/aromatic N) is 5. The third kappa shape index (κ3) is 6.12. The quantitative estimate of drug-likeness (QED) is 0.409. The van der Waals surface area contributed by atoms with Crippen molar-refractivity contribution in [3.8, 4) is 22.9 Å². The maximum Gasteiger partial charge on any atom is 0.251 e. The molecule has 1 aromatic heterocycles. The van der Waals surface area contributed by atoms with Crippen LogP contribution in [0.1, 0.15) is 51.5 Å². The molecule has 1 fully saturated rings. The molecule has 4 rings (SSSR count). The monoisotopic (exact) mass is 520 g/mol. The number of amides is 2. The molecule has 38 heavy (non-hydrogen) atoms. The second kappa shape index (κ2) is 12.5. The number of hydrogen-bond acceptors (Lipinski definition) is 7. The topological polar surface area (TPSA) is 111 Å². The molecule has 0 spiro atoms. The number of anilines is 1. The summed E-state index contributed by atoms with van der Waals surface area (Å²) >= 11 is 0. The van der Waals surface area contributed by atoms with Crippen LogP contribution in [0.2, 0.25) is 0 Å². The van der Waals surface area contributed by atoms with Crippen LogP contribution in [-0.2, 0) is 22.6 Å². The van der Waals surface area contributed by atoms with E-state index in [0.717, 1.165) is 37.7 Å². The molecule has 10 nitrogen and oxygen atoms in total. The van der Waals surface area contributed by atoms with Crippen molar-refractivity contribution in [3.05, 3.63) is 48.0 Å². The van der Waals surface area contributed by atoms with Crippen LogP contribution < -0.4 is 19.7 Å². The fraction of sp³-hybridized carbons (Fsp3) is 0.464. The van der Waals surface area contributed by atoms with E-state index < -0.39 is 6.04 Å². The first kappa shape index (κ1) is 27.1. The summed E-state index contributed by atoms with van der Waals surface area (Å²) in [6.07, 6.45) is 5.54. The summed E-state index contributed by atoms with van der Waals surface area (Å²) in [7, 11) is 3.12. The third-order valence-corrected chi connectivity index (χ3v) is 6.97. The van der Waals surface area contributed by atoms with Gasteiger partial charge >= 0.3 is 0 Å². The summed E-state index contributed by atoms with van der Waals surface area (Å²) in [6, 6.07) is 12.6. The molecule has 1 saturated carbocycles. The van der Waals surface area contributed by atoms with Gasteiger partial charge in [-0.1, -0.05) is 38.8 Å². The lowest BCUT2D eigenvalue weighted by atomic mass is 10.1. The summed E-state index contributed by atoms with van der Waals surface area (Å²) in [6.45, 7) is 3.83. The number of rotatable bonds is 11. The van der Waals surface area contributed by atoms with Gasteiger partial charge in [-0.25, -0.2) is 0 Å². The van der Waals surface area contributed by atoms with E-state index in [4.69, 9.17) is 9.47 Å². The van der Waals surface area contributed by atoms with Gasteiger partial charge in [-0.2, -0.15) is 4.80 Å². The van der Waals surface area contributed by atoms with Crippen LogP contribution in [-0.4, -0.2) is 58.3 Å². The van der Waals surface area contributed by atoms with Crippen LogP contribution in [0, 0.1) is 0 Å². The average molecular weight is 521 g/mol. The van der Waals surface area contributed by atoms with Gasteiger partial charge in [0, 0.05) is 17.3 Å². The van der Waals surface area contributed by atoms with Gasteiger partial charge in [0.25, 0.3) is 5.91 Å². The molecule has 1 N–H and O–H groups in total. The van der Waals surface area contributed by atoms with Gasteiger partial charge in [-0.05, 0) is 66.8 Å². The van der Waals surface area contributed by atoms with Gasteiger partial charge in [0.2, 0.25) is 11.7 Å². The predicted molar refractivity (Wildman–Crippen MR) is 144 cm³/mol. The minimum Gasteiger partial charge on any atom is -0.493 e. The number of ether oxygens (including phenoxy) is 2. The largest absolute Gasteiger partial charge is 0.493 e. The van der Waals surface area contributed by atoms with E-state index in [2.05, 4.69) is 27.7 Å². The Bertz CT molecular complexity index is 1240. The fourth-order valence-electron chi connectivity index (χ4n) is 4.84. The van der Waals surface area contributed by atoms with Crippen LogP contribution >= 0.6 is 0 Å². The molecule has 2 amide bonds. The highest BCUT2D eigenvalue weighted by atomic mass is 16.5. The van der Waals surface area contributed by atoms with Gasteiger partial charge in [-0.15, -0.1) is 10.2 Å². The molecule has 10 heteroatoms. The standard InChI is InChI=1S/C28H36N6O4/c1-5-19-11-14-22(15-12-19)34(23(6-2)28(36)29-21-9-7-8-10-21)26(35)18-33-31-27(30-32-33)20-13-16-24(37-3)25(17-20)38-4/h11-17,21,23H,5-10,18H2,1-4H3,(H,29,36)/t23-/m1/s1. The van der Waals surface area contributed by atoms with Crippen LogP contribution in [0.4, 0.5) is 5.69 Å². The van der Waals surface area contributed by atoms with Crippen molar-refractivity contribution in [1.82, 2.24) is 25.5 Å². The Morgan fingerprint density at radius 2 is 1.76 bits per heavy atom. The summed E-state index contributed by atoms with van der Waals surface area (Å²) in [5.74, 6) is 1.05. The molecule has 0 bridgehead atoms. The summed E-state index contributed by atoms with van der Waals surface area (Å²) in [5.41, 5.74) is 2.50. The molecule has 202 valence electrons. The van der Waals surface area contributed by atoms with Crippen molar-refractivity contribution in [2.45, 2.75) is 71.0 Å². The Labute approximate surface area is 223 Å². The number of benzene rings is 2. The SMILES string of the molecule is CCc1ccc(N(C(=O)Cn2nnc(-c3ccc(OC)c(OC)c3)n2)[C@H](CC)C(=O)NC2CCCC2)cc1. The second-order valence-corrected chi connectivity index (χ2v) is 9.41. The normalized spacial score (nSPS) is 14.2.